The van der Waals surface area contributed by atoms with Gasteiger partial charge in [-0.25, -0.2) is 0 Å². The van der Waals surface area contributed by atoms with E-state index in [9.17, 15) is 0 Å². The van der Waals surface area contributed by atoms with Crippen LogP contribution < -0.4 is 0 Å². The number of fused-ring (bicyclic) bond motifs is 3. The monoisotopic (exact) mass is 241 g/mol. The number of nitrogens with zero attached hydrogens (tertiary/aromatic N) is 1. The molecule has 1 saturated heterocycles. The summed E-state index contributed by atoms with van der Waals surface area (Å²) >= 11 is 0. The minimum absolute atomic E-state index is 0.604. The highest BCUT2D eigenvalue weighted by atomic mass is 15.2. The molecule has 0 radical (unpaired) electrons. The first-order valence-electron chi connectivity index (χ1n) is 7.29. The topological polar surface area (TPSA) is 3.24 Å². The van der Waals surface area contributed by atoms with Crippen LogP contribution in [-0.2, 0) is 6.42 Å². The zero-order valence-electron chi connectivity index (χ0n) is 11.4. The Balaban J connectivity index is 1.93. The van der Waals surface area contributed by atoms with Crippen LogP contribution in [-0.4, -0.2) is 17.5 Å². The quantitative estimate of drug-likeness (QED) is 0.704. The molecular weight excluding hydrogens is 218 g/mol. The maximum atomic E-state index is 4.28. The van der Waals surface area contributed by atoms with Gasteiger partial charge in [-0.3, -0.25) is 4.90 Å². The van der Waals surface area contributed by atoms with Crippen LogP contribution in [0.15, 0.2) is 36.4 Å². The smallest absolute Gasteiger partial charge is 0.0391 e. The van der Waals surface area contributed by atoms with Gasteiger partial charge in [-0.05, 0) is 36.8 Å². The molecule has 1 heteroatoms. The Morgan fingerprint density at radius 3 is 2.94 bits per heavy atom. The van der Waals surface area contributed by atoms with Crippen LogP contribution >= 0.6 is 0 Å². The summed E-state index contributed by atoms with van der Waals surface area (Å²) in [5.41, 5.74) is 4.57. The van der Waals surface area contributed by atoms with Gasteiger partial charge in [0.1, 0.15) is 0 Å². The Morgan fingerprint density at radius 2 is 2.11 bits per heavy atom. The maximum absolute atomic E-state index is 4.28. The van der Waals surface area contributed by atoms with Crippen LogP contribution in [0.1, 0.15) is 49.8 Å². The average molecular weight is 241 g/mol. The predicted molar refractivity (Wildman–Crippen MR) is 76.7 cm³/mol. The lowest BCUT2D eigenvalue weighted by molar-refractivity contribution is 0.0916. The molecule has 0 amide bonds. The van der Waals surface area contributed by atoms with Crippen LogP contribution in [0.2, 0.25) is 0 Å². The van der Waals surface area contributed by atoms with E-state index in [-0.39, 0.29) is 0 Å². The first-order valence-corrected chi connectivity index (χ1v) is 7.29. The fourth-order valence-electron chi connectivity index (χ4n) is 3.74. The van der Waals surface area contributed by atoms with Gasteiger partial charge in [0.2, 0.25) is 0 Å². The van der Waals surface area contributed by atoms with Crippen LogP contribution in [0, 0.1) is 0 Å². The van der Waals surface area contributed by atoms with Crippen molar-refractivity contribution in [3.8, 4) is 0 Å². The van der Waals surface area contributed by atoms with Gasteiger partial charge in [0.25, 0.3) is 0 Å². The zero-order valence-corrected chi connectivity index (χ0v) is 11.4. The van der Waals surface area contributed by atoms with Crippen molar-refractivity contribution in [1.82, 2.24) is 4.90 Å². The molecule has 1 aromatic carbocycles. The van der Waals surface area contributed by atoms with Gasteiger partial charge >= 0.3 is 0 Å². The first-order chi connectivity index (χ1) is 8.79. The molecule has 2 aliphatic heterocycles. The molecule has 3 rings (SSSR count). The SMILES string of the molecule is C=C1CC(CCC)N2CCc3ccccc3C2C1. The molecule has 0 N–H and O–H groups in total. The van der Waals surface area contributed by atoms with Crippen molar-refractivity contribution in [3.63, 3.8) is 0 Å². The molecule has 2 aliphatic rings. The summed E-state index contributed by atoms with van der Waals surface area (Å²) in [5, 5.41) is 0. The Bertz CT molecular complexity index is 449. The molecule has 2 atom stereocenters. The van der Waals surface area contributed by atoms with Gasteiger partial charge in [0.05, 0.1) is 0 Å². The Hall–Kier alpha value is -1.08. The van der Waals surface area contributed by atoms with Gasteiger partial charge in [-0.15, -0.1) is 0 Å². The summed E-state index contributed by atoms with van der Waals surface area (Å²) in [6, 6.07) is 10.3. The fraction of sp³-hybridized carbons (Fsp3) is 0.529. The van der Waals surface area contributed by atoms with Crippen LogP contribution in [0.4, 0.5) is 0 Å². The molecule has 0 bridgehead atoms. The van der Waals surface area contributed by atoms with E-state index < -0.39 is 0 Å². The van der Waals surface area contributed by atoms with Crippen molar-refractivity contribution in [2.45, 2.75) is 51.1 Å². The second-order valence-electron chi connectivity index (χ2n) is 5.80. The van der Waals surface area contributed by atoms with Gasteiger partial charge in [0.15, 0.2) is 0 Å². The number of hydrogen-bond donors (Lipinski definition) is 0. The van der Waals surface area contributed by atoms with Crippen LogP contribution in [0.25, 0.3) is 0 Å². The lowest BCUT2D eigenvalue weighted by atomic mass is 9.81. The third-order valence-corrected chi connectivity index (χ3v) is 4.55. The maximum Gasteiger partial charge on any atom is 0.0391 e. The minimum atomic E-state index is 0.604. The van der Waals surface area contributed by atoms with Crippen molar-refractivity contribution < 1.29 is 0 Å². The average Bonchev–Trinajstić information content (AvgIpc) is 2.39. The summed E-state index contributed by atoms with van der Waals surface area (Å²) < 4.78 is 0. The van der Waals surface area contributed by atoms with Gasteiger partial charge in [-0.1, -0.05) is 49.8 Å². The molecule has 1 aromatic rings. The third-order valence-electron chi connectivity index (χ3n) is 4.55. The molecule has 18 heavy (non-hydrogen) atoms. The van der Waals surface area contributed by atoms with E-state index in [1.54, 1.807) is 11.1 Å². The fourth-order valence-corrected chi connectivity index (χ4v) is 3.74. The molecule has 1 nitrogen and oxygen atoms in total. The summed E-state index contributed by atoms with van der Waals surface area (Å²) in [6.07, 6.45) is 6.20. The third kappa shape index (κ3) is 2.01. The van der Waals surface area contributed by atoms with E-state index in [2.05, 4.69) is 42.7 Å². The van der Waals surface area contributed by atoms with E-state index in [1.165, 1.54) is 37.8 Å². The highest BCUT2D eigenvalue weighted by molar-refractivity contribution is 5.34. The van der Waals surface area contributed by atoms with Crippen molar-refractivity contribution in [3.05, 3.63) is 47.5 Å². The van der Waals surface area contributed by atoms with Crippen molar-refractivity contribution in [2.75, 3.05) is 6.54 Å². The first kappa shape index (κ1) is 12.0. The van der Waals surface area contributed by atoms with E-state index in [0.29, 0.717) is 6.04 Å². The van der Waals surface area contributed by atoms with Crippen LogP contribution in [0.3, 0.4) is 0 Å². The summed E-state index contributed by atoms with van der Waals surface area (Å²) in [4.78, 5) is 2.75. The molecule has 0 aliphatic carbocycles. The Morgan fingerprint density at radius 1 is 1.28 bits per heavy atom. The number of benzene rings is 1. The van der Waals surface area contributed by atoms with Crippen molar-refractivity contribution >= 4 is 0 Å². The molecule has 1 fully saturated rings. The summed E-state index contributed by atoms with van der Waals surface area (Å²) in [7, 11) is 0. The van der Waals surface area contributed by atoms with Gasteiger partial charge in [-0.2, -0.15) is 0 Å². The number of rotatable bonds is 2. The summed E-state index contributed by atoms with van der Waals surface area (Å²) in [6.45, 7) is 7.82. The normalized spacial score (nSPS) is 27.7. The van der Waals surface area contributed by atoms with Crippen molar-refractivity contribution in [2.24, 2.45) is 0 Å². The Kier molecular flexibility index (Phi) is 3.25. The predicted octanol–water partition coefficient (Wildman–Crippen LogP) is 4.10. The minimum Gasteiger partial charge on any atom is -0.292 e. The number of hydrogen-bond acceptors (Lipinski definition) is 1. The van der Waals surface area contributed by atoms with E-state index in [1.807, 2.05) is 0 Å². The van der Waals surface area contributed by atoms with Crippen molar-refractivity contribution in [1.29, 1.82) is 0 Å². The lowest BCUT2D eigenvalue weighted by Crippen LogP contribution is -2.46. The molecule has 2 unspecified atom stereocenters. The van der Waals surface area contributed by atoms with E-state index in [0.717, 1.165) is 12.5 Å². The zero-order chi connectivity index (χ0) is 12.5. The number of piperidine rings is 1. The molecule has 0 saturated carbocycles. The molecular formula is C17H23N. The largest absolute Gasteiger partial charge is 0.292 e. The summed E-state index contributed by atoms with van der Waals surface area (Å²) in [5.74, 6) is 0. The van der Waals surface area contributed by atoms with Gasteiger partial charge < -0.3 is 0 Å². The standard InChI is InChI=1S/C17H23N/c1-3-6-15-11-13(2)12-17-16-8-5-4-7-14(16)9-10-18(15)17/h4-5,7-8,15,17H,2-3,6,9-12H2,1H3. The van der Waals surface area contributed by atoms with E-state index >= 15 is 0 Å². The second-order valence-corrected chi connectivity index (χ2v) is 5.80. The molecule has 0 aromatic heterocycles. The lowest BCUT2D eigenvalue weighted by Gasteiger charge is -2.46. The highest BCUT2D eigenvalue weighted by Gasteiger charge is 2.35. The Labute approximate surface area is 111 Å². The van der Waals surface area contributed by atoms with E-state index in [4.69, 9.17) is 0 Å². The van der Waals surface area contributed by atoms with Crippen LogP contribution in [0.5, 0.6) is 0 Å². The molecule has 0 spiro atoms. The van der Waals surface area contributed by atoms with Gasteiger partial charge in [0, 0.05) is 18.6 Å². The molecule has 96 valence electrons. The second kappa shape index (κ2) is 4.89. The highest BCUT2D eigenvalue weighted by Crippen LogP contribution is 2.41. The molecule has 2 heterocycles.